The Kier molecular flexibility index (Phi) is 6.58. The van der Waals surface area contributed by atoms with Gasteiger partial charge in [0.15, 0.2) is 15.5 Å². The second-order valence-electron chi connectivity index (χ2n) is 11.6. The van der Waals surface area contributed by atoms with Crippen LogP contribution in [-0.4, -0.2) is 66.4 Å². The number of nitrogens with one attached hydrogen (secondary N) is 2. The first kappa shape index (κ1) is 27.3. The van der Waals surface area contributed by atoms with E-state index in [0.717, 1.165) is 25.9 Å². The van der Waals surface area contributed by atoms with Crippen molar-refractivity contribution in [3.63, 3.8) is 0 Å². The van der Waals surface area contributed by atoms with Crippen molar-refractivity contribution in [2.45, 2.75) is 60.6 Å². The lowest BCUT2D eigenvalue weighted by atomic mass is 9.88. The Morgan fingerprint density at radius 3 is 2.40 bits per heavy atom. The molecule has 214 valence electrons. The smallest absolute Gasteiger partial charge is 0.258 e. The average molecular weight is 593 g/mol. The number of piperidine rings is 1. The van der Waals surface area contributed by atoms with Gasteiger partial charge in [-0.15, -0.1) is 12.4 Å². The van der Waals surface area contributed by atoms with Crippen molar-refractivity contribution in [1.29, 1.82) is 0 Å². The van der Waals surface area contributed by atoms with Crippen LogP contribution in [0.4, 0.5) is 20.3 Å². The maximum atomic E-state index is 13.6. The van der Waals surface area contributed by atoms with Gasteiger partial charge in [0.25, 0.3) is 11.8 Å². The molecule has 2 N–H and O–H groups in total. The van der Waals surface area contributed by atoms with E-state index in [1.165, 1.54) is 23.6 Å². The second-order valence-corrected chi connectivity index (χ2v) is 13.8. The average Bonchev–Trinajstić information content (AvgIpc) is 3.47. The molecule has 2 saturated heterocycles. The summed E-state index contributed by atoms with van der Waals surface area (Å²) in [6.45, 7) is 2.39. The summed E-state index contributed by atoms with van der Waals surface area (Å²) < 4.78 is 54.8. The third-order valence-corrected chi connectivity index (χ3v) is 11.1. The van der Waals surface area contributed by atoms with Crippen LogP contribution in [0.3, 0.4) is 0 Å². The zero-order chi connectivity index (χ0) is 27.0. The lowest BCUT2D eigenvalue weighted by Gasteiger charge is -2.35. The zero-order valence-corrected chi connectivity index (χ0v) is 23.4. The van der Waals surface area contributed by atoms with Crippen molar-refractivity contribution in [2.24, 2.45) is 5.41 Å². The Morgan fingerprint density at radius 2 is 1.77 bits per heavy atom. The maximum Gasteiger partial charge on any atom is 0.258 e. The number of rotatable bonds is 6. The molecule has 40 heavy (non-hydrogen) atoms. The first-order valence-electron chi connectivity index (χ1n) is 13.5. The molecule has 4 aliphatic rings. The molecule has 4 fully saturated rings. The second kappa shape index (κ2) is 9.63. The number of aromatic nitrogens is 3. The molecule has 0 radical (unpaired) electrons. The van der Waals surface area contributed by atoms with Crippen LogP contribution in [0.15, 0.2) is 41.4 Å². The Bertz CT molecular complexity index is 1570. The van der Waals surface area contributed by atoms with Crippen LogP contribution in [-0.2, 0) is 9.84 Å². The molecule has 2 aliphatic carbocycles. The molecule has 9 nitrogen and oxygen atoms in total. The van der Waals surface area contributed by atoms with Gasteiger partial charge in [0.2, 0.25) is 0 Å². The van der Waals surface area contributed by atoms with Crippen molar-refractivity contribution in [1.82, 2.24) is 20.1 Å². The Labute approximate surface area is 237 Å². The SMILES string of the molecule is Cl.O=C(Nc1ccc2cnn(C3CC(F)(F)C3)c2n1)c1ccc(S(=O)(=O)C2CNC2)cc1N1CCC2(CC1)CC2. The summed E-state index contributed by atoms with van der Waals surface area (Å²) in [7, 11) is -3.51. The highest BCUT2D eigenvalue weighted by molar-refractivity contribution is 7.92. The van der Waals surface area contributed by atoms with Crippen LogP contribution in [0, 0.1) is 5.41 Å². The Hall–Kier alpha value is -2.83. The van der Waals surface area contributed by atoms with Crippen LogP contribution >= 0.6 is 12.4 Å². The van der Waals surface area contributed by atoms with Crippen LogP contribution in [0.5, 0.6) is 0 Å². The summed E-state index contributed by atoms with van der Waals surface area (Å²) in [5, 5.41) is 10.4. The van der Waals surface area contributed by atoms with Gasteiger partial charge in [0.05, 0.1) is 33.6 Å². The molecule has 13 heteroatoms. The van der Waals surface area contributed by atoms with Gasteiger partial charge < -0.3 is 15.5 Å². The van der Waals surface area contributed by atoms with E-state index in [1.807, 2.05) is 0 Å². The Balaban J connectivity index is 0.00000289. The lowest BCUT2D eigenvalue weighted by molar-refractivity contribution is -0.106. The first-order chi connectivity index (χ1) is 18.6. The van der Waals surface area contributed by atoms with E-state index in [0.29, 0.717) is 40.8 Å². The summed E-state index contributed by atoms with van der Waals surface area (Å²) in [5.41, 5.74) is 1.85. The topological polar surface area (TPSA) is 109 Å². The fraction of sp³-hybridized carbons (Fsp3) is 0.519. The number of sulfone groups is 1. The standard InChI is InChI=1S/C27H30F2N6O3S.ClH/c28-27(29)12-18(13-27)35-24-17(14-31-35)1-4-23(32-24)33-25(36)21-3-2-19(39(37,38)20-15-30-16-20)11-22(21)34-9-7-26(5-6-26)8-10-34;/h1-4,11,14,18,20,30H,5-10,12-13,15-16H2,(H,32,33,36);1H. The molecule has 2 aromatic heterocycles. The van der Waals surface area contributed by atoms with E-state index in [9.17, 15) is 22.0 Å². The van der Waals surface area contributed by atoms with E-state index in [4.69, 9.17) is 0 Å². The Morgan fingerprint density at radius 1 is 1.05 bits per heavy atom. The van der Waals surface area contributed by atoms with Crippen molar-refractivity contribution >= 4 is 50.7 Å². The van der Waals surface area contributed by atoms with E-state index >= 15 is 0 Å². The van der Waals surface area contributed by atoms with Gasteiger partial charge >= 0.3 is 0 Å². The van der Waals surface area contributed by atoms with Crippen LogP contribution in [0.1, 0.15) is 54.9 Å². The minimum atomic E-state index is -3.51. The van der Waals surface area contributed by atoms with Crippen molar-refractivity contribution < 1.29 is 22.0 Å². The van der Waals surface area contributed by atoms with E-state index < -0.39 is 33.0 Å². The number of halogens is 3. The quantitative estimate of drug-likeness (QED) is 0.441. The van der Waals surface area contributed by atoms with Crippen LogP contribution < -0.4 is 15.5 Å². The molecule has 1 aromatic carbocycles. The number of carbonyl (C=O) groups is 1. The first-order valence-corrected chi connectivity index (χ1v) is 15.0. The third kappa shape index (κ3) is 4.73. The maximum absolute atomic E-state index is 13.6. The summed E-state index contributed by atoms with van der Waals surface area (Å²) in [6, 6.07) is 7.72. The summed E-state index contributed by atoms with van der Waals surface area (Å²) in [5.74, 6) is -2.81. The third-order valence-electron chi connectivity index (χ3n) is 8.95. The predicted octanol–water partition coefficient (Wildman–Crippen LogP) is 4.20. The van der Waals surface area contributed by atoms with Gasteiger partial charge in [-0.2, -0.15) is 5.10 Å². The molecular weight excluding hydrogens is 562 g/mol. The fourth-order valence-electron chi connectivity index (χ4n) is 5.96. The fourth-order valence-corrected chi connectivity index (χ4v) is 7.55. The monoisotopic (exact) mass is 592 g/mol. The molecule has 0 atom stereocenters. The summed E-state index contributed by atoms with van der Waals surface area (Å²) in [6.07, 6.45) is 5.55. The number of nitrogens with zero attached hydrogens (tertiary/aromatic N) is 4. The molecule has 7 rings (SSSR count). The molecule has 2 saturated carbocycles. The molecule has 0 bridgehead atoms. The van der Waals surface area contributed by atoms with Gasteiger partial charge in [0, 0.05) is 44.4 Å². The highest BCUT2D eigenvalue weighted by atomic mass is 35.5. The largest absolute Gasteiger partial charge is 0.371 e. The number of carbonyl (C=O) groups excluding carboxylic acids is 1. The zero-order valence-electron chi connectivity index (χ0n) is 21.8. The van der Waals surface area contributed by atoms with Crippen LogP contribution in [0.25, 0.3) is 11.0 Å². The van der Waals surface area contributed by atoms with Gasteiger partial charge in [-0.05, 0) is 61.4 Å². The van der Waals surface area contributed by atoms with Crippen molar-refractivity contribution in [3.05, 3.63) is 42.1 Å². The molecule has 4 heterocycles. The number of hydrogen-bond donors (Lipinski definition) is 2. The van der Waals surface area contributed by atoms with Crippen molar-refractivity contribution in [2.75, 3.05) is 36.4 Å². The number of anilines is 2. The molecule has 0 unspecified atom stereocenters. The normalized spacial score (nSPS) is 21.9. The highest BCUT2D eigenvalue weighted by Crippen LogP contribution is 2.54. The molecule has 3 aromatic rings. The minimum Gasteiger partial charge on any atom is -0.371 e. The summed E-state index contributed by atoms with van der Waals surface area (Å²) in [4.78, 5) is 20.4. The lowest BCUT2D eigenvalue weighted by Crippen LogP contribution is -2.51. The molecular formula is C27H31ClF2N6O3S. The molecule has 1 spiro atoms. The van der Waals surface area contributed by atoms with Crippen LogP contribution in [0.2, 0.25) is 0 Å². The van der Waals surface area contributed by atoms with Gasteiger partial charge in [-0.25, -0.2) is 26.9 Å². The van der Waals surface area contributed by atoms with E-state index in [-0.39, 0.29) is 36.0 Å². The van der Waals surface area contributed by atoms with E-state index in [1.54, 1.807) is 30.5 Å². The predicted molar refractivity (Wildman–Crippen MR) is 149 cm³/mol. The highest BCUT2D eigenvalue weighted by Gasteiger charge is 2.47. The number of alkyl halides is 2. The number of fused-ring (bicyclic) bond motifs is 1. The molecule has 2 aliphatic heterocycles. The molecule has 1 amide bonds. The van der Waals surface area contributed by atoms with E-state index in [2.05, 4.69) is 25.6 Å². The van der Waals surface area contributed by atoms with Crippen molar-refractivity contribution in [3.8, 4) is 0 Å². The number of hydrogen-bond acceptors (Lipinski definition) is 7. The number of benzene rings is 1. The number of pyridine rings is 1. The van der Waals surface area contributed by atoms with Gasteiger partial charge in [-0.3, -0.25) is 4.79 Å². The van der Waals surface area contributed by atoms with Gasteiger partial charge in [-0.1, -0.05) is 0 Å². The minimum absolute atomic E-state index is 0. The van der Waals surface area contributed by atoms with Gasteiger partial charge in [0.1, 0.15) is 5.82 Å². The summed E-state index contributed by atoms with van der Waals surface area (Å²) >= 11 is 0. The number of amides is 1.